The summed E-state index contributed by atoms with van der Waals surface area (Å²) < 4.78 is 0. The van der Waals surface area contributed by atoms with Gasteiger partial charge < -0.3 is 15.8 Å². The third-order valence-corrected chi connectivity index (χ3v) is 5.00. The van der Waals surface area contributed by atoms with Gasteiger partial charge in [-0.2, -0.15) is 0 Å². The summed E-state index contributed by atoms with van der Waals surface area (Å²) in [6.45, 7) is 0. The number of fused-ring (bicyclic) bond motifs is 1. The van der Waals surface area contributed by atoms with E-state index < -0.39 is 11.9 Å². The van der Waals surface area contributed by atoms with Gasteiger partial charge in [0.15, 0.2) is 0 Å². The second-order valence-corrected chi connectivity index (χ2v) is 6.95. The van der Waals surface area contributed by atoms with E-state index in [0.29, 0.717) is 16.7 Å². The van der Waals surface area contributed by atoms with Crippen molar-refractivity contribution in [3.8, 4) is 11.1 Å². The summed E-state index contributed by atoms with van der Waals surface area (Å²) >= 11 is 0. The molecule has 148 valence electrons. The van der Waals surface area contributed by atoms with Gasteiger partial charge in [0.2, 0.25) is 11.7 Å². The Balaban J connectivity index is 1.70. The standard InChI is InChI=1S/C24H18N2O4/c25-24(30)17-5-3-4-16(12-17)14-8-10-15(11-9-14)23(29)22-19(13-21(27)28)18-6-1-2-7-20(18)26-22/h1-12,26H,13H2,(H2,25,30)(H,27,28). The normalized spacial score (nSPS) is 10.8. The summed E-state index contributed by atoms with van der Waals surface area (Å²) in [7, 11) is 0. The van der Waals surface area contributed by atoms with Crippen molar-refractivity contribution in [2.45, 2.75) is 6.42 Å². The number of aromatic nitrogens is 1. The van der Waals surface area contributed by atoms with Gasteiger partial charge in [0.05, 0.1) is 12.1 Å². The topological polar surface area (TPSA) is 113 Å². The first-order valence-electron chi connectivity index (χ1n) is 9.30. The molecule has 4 rings (SSSR count). The average molecular weight is 398 g/mol. The lowest BCUT2D eigenvalue weighted by atomic mass is 9.98. The number of carbonyl (C=O) groups excluding carboxylic acids is 2. The fourth-order valence-corrected chi connectivity index (χ4v) is 3.54. The molecule has 0 aliphatic carbocycles. The van der Waals surface area contributed by atoms with Crippen LogP contribution in [0.1, 0.15) is 32.0 Å². The number of hydrogen-bond acceptors (Lipinski definition) is 3. The molecule has 3 aromatic carbocycles. The molecule has 6 heteroatoms. The van der Waals surface area contributed by atoms with Gasteiger partial charge in [-0.25, -0.2) is 0 Å². The zero-order chi connectivity index (χ0) is 21.3. The molecule has 0 radical (unpaired) electrons. The molecule has 4 N–H and O–H groups in total. The molecular weight excluding hydrogens is 380 g/mol. The Labute approximate surface area is 172 Å². The number of aliphatic carboxylic acids is 1. The van der Waals surface area contributed by atoms with Crippen LogP contribution >= 0.6 is 0 Å². The van der Waals surface area contributed by atoms with Gasteiger partial charge in [0, 0.05) is 27.6 Å². The summed E-state index contributed by atoms with van der Waals surface area (Å²) in [4.78, 5) is 38.9. The van der Waals surface area contributed by atoms with Gasteiger partial charge in [-0.3, -0.25) is 14.4 Å². The van der Waals surface area contributed by atoms with Gasteiger partial charge in [-0.15, -0.1) is 0 Å². The molecule has 0 fully saturated rings. The highest BCUT2D eigenvalue weighted by molar-refractivity contribution is 6.12. The second kappa shape index (κ2) is 7.67. The van der Waals surface area contributed by atoms with Gasteiger partial charge in [-0.05, 0) is 29.3 Å². The molecule has 0 bridgehead atoms. The molecule has 6 nitrogen and oxygen atoms in total. The van der Waals surface area contributed by atoms with Gasteiger partial charge in [0.25, 0.3) is 0 Å². The Hall–Kier alpha value is -4.19. The number of nitrogens with two attached hydrogens (primary N) is 1. The first-order chi connectivity index (χ1) is 14.4. The van der Waals surface area contributed by atoms with E-state index in [1.165, 1.54) is 0 Å². The largest absolute Gasteiger partial charge is 0.481 e. The quantitative estimate of drug-likeness (QED) is 0.429. The van der Waals surface area contributed by atoms with Crippen LogP contribution in [0.25, 0.3) is 22.0 Å². The highest BCUT2D eigenvalue weighted by Crippen LogP contribution is 2.26. The number of H-pyrrole nitrogens is 1. The molecule has 0 aliphatic rings. The van der Waals surface area contributed by atoms with E-state index in [4.69, 9.17) is 5.73 Å². The molecule has 1 heterocycles. The molecule has 0 unspecified atom stereocenters. The molecule has 0 atom stereocenters. The van der Waals surface area contributed by atoms with E-state index in [2.05, 4.69) is 4.98 Å². The van der Waals surface area contributed by atoms with Crippen LogP contribution in [0.4, 0.5) is 0 Å². The number of carboxylic acid groups (broad SMARTS) is 1. The number of amides is 1. The Kier molecular flexibility index (Phi) is 4.90. The minimum Gasteiger partial charge on any atom is -0.481 e. The van der Waals surface area contributed by atoms with Crippen LogP contribution in [0.5, 0.6) is 0 Å². The Morgan fingerprint density at radius 2 is 1.57 bits per heavy atom. The van der Waals surface area contributed by atoms with E-state index in [-0.39, 0.29) is 17.9 Å². The number of nitrogens with one attached hydrogen (secondary N) is 1. The Morgan fingerprint density at radius 3 is 2.27 bits per heavy atom. The van der Waals surface area contributed by atoms with Gasteiger partial charge in [0.1, 0.15) is 0 Å². The summed E-state index contributed by atoms with van der Waals surface area (Å²) in [5, 5.41) is 10.0. The number of ketones is 1. The van der Waals surface area contributed by atoms with Crippen molar-refractivity contribution in [2.75, 3.05) is 0 Å². The first-order valence-corrected chi connectivity index (χ1v) is 9.30. The van der Waals surface area contributed by atoms with Crippen LogP contribution < -0.4 is 5.73 Å². The molecule has 1 aromatic heterocycles. The van der Waals surface area contributed by atoms with E-state index in [0.717, 1.165) is 22.0 Å². The number of para-hydroxylation sites is 1. The van der Waals surface area contributed by atoms with Crippen LogP contribution in [-0.2, 0) is 11.2 Å². The third kappa shape index (κ3) is 3.58. The maximum Gasteiger partial charge on any atom is 0.307 e. The summed E-state index contributed by atoms with van der Waals surface area (Å²) in [5.41, 5.74) is 9.29. The number of aromatic amines is 1. The van der Waals surface area contributed by atoms with Gasteiger partial charge in [-0.1, -0.05) is 54.6 Å². The third-order valence-electron chi connectivity index (χ3n) is 5.00. The van der Waals surface area contributed by atoms with Crippen LogP contribution in [0.15, 0.2) is 72.8 Å². The maximum absolute atomic E-state index is 13.1. The highest BCUT2D eigenvalue weighted by atomic mass is 16.4. The van der Waals surface area contributed by atoms with Crippen molar-refractivity contribution in [2.24, 2.45) is 5.73 Å². The molecule has 0 saturated carbocycles. The average Bonchev–Trinajstić information content (AvgIpc) is 3.11. The molecule has 0 saturated heterocycles. The van der Waals surface area contributed by atoms with Crippen molar-refractivity contribution in [3.63, 3.8) is 0 Å². The van der Waals surface area contributed by atoms with E-state index in [1.54, 1.807) is 48.5 Å². The van der Waals surface area contributed by atoms with Crippen molar-refractivity contribution in [3.05, 3.63) is 95.2 Å². The molecule has 0 spiro atoms. The van der Waals surface area contributed by atoms with Crippen molar-refractivity contribution in [1.29, 1.82) is 0 Å². The monoisotopic (exact) mass is 398 g/mol. The van der Waals surface area contributed by atoms with Crippen LogP contribution in [0.2, 0.25) is 0 Å². The molecular formula is C24H18N2O4. The minimum absolute atomic E-state index is 0.247. The smallest absolute Gasteiger partial charge is 0.307 e. The first kappa shape index (κ1) is 19.1. The lowest BCUT2D eigenvalue weighted by molar-refractivity contribution is -0.136. The lowest BCUT2D eigenvalue weighted by Gasteiger charge is -2.06. The Bertz CT molecular complexity index is 1290. The predicted molar refractivity (Wildman–Crippen MR) is 113 cm³/mol. The minimum atomic E-state index is -1.00. The summed E-state index contributed by atoms with van der Waals surface area (Å²) in [6, 6.07) is 21.1. The summed E-state index contributed by atoms with van der Waals surface area (Å²) in [5.74, 6) is -1.79. The second-order valence-electron chi connectivity index (χ2n) is 6.95. The van der Waals surface area contributed by atoms with Crippen molar-refractivity contribution < 1.29 is 19.5 Å². The fourth-order valence-electron chi connectivity index (χ4n) is 3.54. The predicted octanol–water partition coefficient (Wildman–Crippen LogP) is 3.79. The zero-order valence-corrected chi connectivity index (χ0v) is 15.9. The van der Waals surface area contributed by atoms with Crippen molar-refractivity contribution in [1.82, 2.24) is 4.98 Å². The fraction of sp³-hybridized carbons (Fsp3) is 0.0417. The number of carboxylic acids is 1. The molecule has 0 aliphatic heterocycles. The molecule has 1 amide bonds. The van der Waals surface area contributed by atoms with E-state index in [1.807, 2.05) is 24.3 Å². The maximum atomic E-state index is 13.1. The van der Waals surface area contributed by atoms with Crippen LogP contribution in [-0.4, -0.2) is 27.8 Å². The number of rotatable bonds is 6. The van der Waals surface area contributed by atoms with Crippen LogP contribution in [0.3, 0.4) is 0 Å². The van der Waals surface area contributed by atoms with Gasteiger partial charge >= 0.3 is 5.97 Å². The van der Waals surface area contributed by atoms with E-state index in [9.17, 15) is 19.5 Å². The van der Waals surface area contributed by atoms with Crippen LogP contribution in [0, 0.1) is 0 Å². The number of primary amides is 1. The number of carbonyl (C=O) groups is 3. The Morgan fingerprint density at radius 1 is 0.833 bits per heavy atom. The zero-order valence-electron chi connectivity index (χ0n) is 15.9. The highest BCUT2D eigenvalue weighted by Gasteiger charge is 2.21. The molecule has 4 aromatic rings. The molecule has 30 heavy (non-hydrogen) atoms. The SMILES string of the molecule is NC(=O)c1cccc(-c2ccc(C(=O)c3[nH]c4ccccc4c3CC(=O)O)cc2)c1. The number of hydrogen-bond donors (Lipinski definition) is 3. The lowest BCUT2D eigenvalue weighted by Crippen LogP contribution is -2.10. The van der Waals surface area contributed by atoms with Crippen molar-refractivity contribution >= 4 is 28.6 Å². The summed E-state index contributed by atoms with van der Waals surface area (Å²) in [6.07, 6.45) is -0.247. The number of benzene rings is 3. The van der Waals surface area contributed by atoms with E-state index >= 15 is 0 Å².